The summed E-state index contributed by atoms with van der Waals surface area (Å²) < 4.78 is 25.8. The molecule has 0 amide bonds. The second kappa shape index (κ2) is 5.32. The summed E-state index contributed by atoms with van der Waals surface area (Å²) in [6.07, 6.45) is 0. The first kappa shape index (κ1) is 14.4. The van der Waals surface area contributed by atoms with Crippen molar-refractivity contribution in [3.63, 3.8) is 0 Å². The van der Waals surface area contributed by atoms with Gasteiger partial charge in [-0.3, -0.25) is 4.72 Å². The molecule has 0 spiro atoms. The highest BCUT2D eigenvalue weighted by Gasteiger charge is 2.19. The van der Waals surface area contributed by atoms with Crippen molar-refractivity contribution in [1.82, 2.24) is 10.3 Å². The van der Waals surface area contributed by atoms with E-state index in [1.54, 1.807) is 7.05 Å². The Morgan fingerprint density at radius 3 is 2.53 bits per heavy atom. The van der Waals surface area contributed by atoms with Gasteiger partial charge in [-0.05, 0) is 7.05 Å². The molecule has 0 saturated carbocycles. The quantitative estimate of drug-likeness (QED) is 0.853. The van der Waals surface area contributed by atoms with Crippen LogP contribution in [0.4, 0.5) is 5.13 Å². The zero-order valence-corrected chi connectivity index (χ0v) is 12.2. The third kappa shape index (κ3) is 4.61. The normalized spacial score (nSPS) is 12.7. The number of rotatable bonds is 5. The molecule has 1 heterocycles. The summed E-state index contributed by atoms with van der Waals surface area (Å²) in [7, 11) is -1.57. The highest BCUT2D eigenvalue weighted by Crippen LogP contribution is 2.26. The minimum Gasteiger partial charge on any atom is -0.319 e. The fraction of sp³-hybridized carbons (Fsp3) is 0.700. The molecular weight excluding hydrogens is 258 g/mol. The molecule has 0 fully saturated rings. The molecule has 0 saturated heterocycles. The van der Waals surface area contributed by atoms with Crippen molar-refractivity contribution in [3.8, 4) is 0 Å². The number of nitrogens with zero attached hydrogens (tertiary/aromatic N) is 1. The molecular formula is C10H19N3O2S2. The van der Waals surface area contributed by atoms with Crippen LogP contribution in [0.2, 0.25) is 0 Å². The number of nitrogens with one attached hydrogen (secondary N) is 2. The van der Waals surface area contributed by atoms with Crippen LogP contribution >= 0.6 is 11.3 Å². The van der Waals surface area contributed by atoms with Crippen molar-refractivity contribution in [1.29, 1.82) is 0 Å². The Hall–Kier alpha value is -0.660. The lowest BCUT2D eigenvalue weighted by molar-refractivity contribution is 0.573. The minimum atomic E-state index is -3.29. The Labute approximate surface area is 107 Å². The van der Waals surface area contributed by atoms with Gasteiger partial charge in [0, 0.05) is 17.3 Å². The number of aromatic nitrogens is 1. The maximum Gasteiger partial charge on any atom is 0.235 e. The predicted molar refractivity (Wildman–Crippen MR) is 72.2 cm³/mol. The summed E-state index contributed by atoms with van der Waals surface area (Å²) in [5.74, 6) is 0.0495. The molecule has 0 aromatic carbocycles. The number of hydrogen-bond acceptors (Lipinski definition) is 5. The Bertz CT molecular complexity index is 460. The number of anilines is 1. The Kier molecular flexibility index (Phi) is 4.51. The molecule has 2 N–H and O–H groups in total. The van der Waals surface area contributed by atoms with E-state index in [0.717, 1.165) is 5.69 Å². The van der Waals surface area contributed by atoms with E-state index < -0.39 is 10.0 Å². The zero-order chi connectivity index (χ0) is 13.1. The molecule has 0 atom stereocenters. The lowest BCUT2D eigenvalue weighted by Gasteiger charge is -2.14. The lowest BCUT2D eigenvalue weighted by atomic mass is 9.93. The molecule has 0 bridgehead atoms. The van der Waals surface area contributed by atoms with Gasteiger partial charge in [-0.2, -0.15) is 0 Å². The second-order valence-corrected chi connectivity index (χ2v) is 7.51. The van der Waals surface area contributed by atoms with Crippen molar-refractivity contribution in [2.45, 2.75) is 26.2 Å². The van der Waals surface area contributed by atoms with Gasteiger partial charge in [0.2, 0.25) is 10.0 Å². The van der Waals surface area contributed by atoms with Crippen molar-refractivity contribution in [2.75, 3.05) is 24.1 Å². The standard InChI is InChI=1S/C10H19N3O2S2/c1-10(2,3)8-7-16-9(12-8)13-17(14,15)6-5-11-4/h7,11H,5-6H2,1-4H3,(H,12,13). The molecule has 7 heteroatoms. The van der Waals surface area contributed by atoms with Crippen molar-refractivity contribution < 1.29 is 8.42 Å². The highest BCUT2D eigenvalue weighted by atomic mass is 32.2. The summed E-state index contributed by atoms with van der Waals surface area (Å²) in [5, 5.41) is 5.12. The van der Waals surface area contributed by atoms with Crippen LogP contribution in [0.3, 0.4) is 0 Å². The van der Waals surface area contributed by atoms with Gasteiger partial charge in [0.25, 0.3) is 0 Å². The van der Waals surface area contributed by atoms with Crippen LogP contribution in [0.1, 0.15) is 26.5 Å². The van der Waals surface area contributed by atoms with Crippen molar-refractivity contribution >= 4 is 26.5 Å². The van der Waals surface area contributed by atoms with E-state index in [1.807, 2.05) is 26.2 Å². The highest BCUT2D eigenvalue weighted by molar-refractivity contribution is 7.92. The molecule has 0 radical (unpaired) electrons. The van der Waals surface area contributed by atoms with E-state index in [0.29, 0.717) is 11.7 Å². The molecule has 98 valence electrons. The van der Waals surface area contributed by atoms with E-state index in [1.165, 1.54) is 11.3 Å². The molecule has 1 aromatic rings. The average Bonchev–Trinajstić information content (AvgIpc) is 2.62. The smallest absolute Gasteiger partial charge is 0.235 e. The average molecular weight is 277 g/mol. The molecule has 1 rings (SSSR count). The summed E-state index contributed by atoms with van der Waals surface area (Å²) in [6.45, 7) is 6.55. The Morgan fingerprint density at radius 1 is 1.41 bits per heavy atom. The topological polar surface area (TPSA) is 71.1 Å². The fourth-order valence-corrected chi connectivity index (χ4v) is 3.33. The van der Waals surface area contributed by atoms with Crippen LogP contribution in [0.5, 0.6) is 0 Å². The van der Waals surface area contributed by atoms with E-state index >= 15 is 0 Å². The predicted octanol–water partition coefficient (Wildman–Crippen LogP) is 1.40. The minimum absolute atomic E-state index is 0.0495. The van der Waals surface area contributed by atoms with Crippen LogP contribution in [-0.2, 0) is 15.4 Å². The van der Waals surface area contributed by atoms with Crippen molar-refractivity contribution in [3.05, 3.63) is 11.1 Å². The first-order valence-corrected chi connectivity index (χ1v) is 7.89. The zero-order valence-electron chi connectivity index (χ0n) is 10.6. The van der Waals surface area contributed by atoms with Crippen LogP contribution in [-0.4, -0.2) is 32.7 Å². The summed E-state index contributed by atoms with van der Waals surface area (Å²) >= 11 is 1.31. The Balaban J connectivity index is 2.73. The van der Waals surface area contributed by atoms with Gasteiger partial charge in [0.15, 0.2) is 5.13 Å². The van der Waals surface area contributed by atoms with Crippen LogP contribution in [0.25, 0.3) is 0 Å². The number of thiazole rings is 1. The molecule has 0 aliphatic heterocycles. The van der Waals surface area contributed by atoms with Crippen LogP contribution in [0, 0.1) is 0 Å². The van der Waals surface area contributed by atoms with E-state index in [-0.39, 0.29) is 11.2 Å². The third-order valence-corrected chi connectivity index (χ3v) is 4.27. The van der Waals surface area contributed by atoms with Crippen LogP contribution < -0.4 is 10.0 Å². The van der Waals surface area contributed by atoms with Crippen LogP contribution in [0.15, 0.2) is 5.38 Å². The van der Waals surface area contributed by atoms with Crippen molar-refractivity contribution in [2.24, 2.45) is 0 Å². The molecule has 0 aliphatic rings. The van der Waals surface area contributed by atoms with E-state index in [2.05, 4.69) is 15.0 Å². The van der Waals surface area contributed by atoms with Gasteiger partial charge >= 0.3 is 0 Å². The van der Waals surface area contributed by atoms with Gasteiger partial charge < -0.3 is 5.32 Å². The lowest BCUT2D eigenvalue weighted by Crippen LogP contribution is -2.24. The molecule has 17 heavy (non-hydrogen) atoms. The van der Waals surface area contributed by atoms with Gasteiger partial charge in [0.1, 0.15) is 0 Å². The maximum atomic E-state index is 11.6. The first-order valence-electron chi connectivity index (χ1n) is 5.36. The summed E-state index contributed by atoms with van der Waals surface area (Å²) in [4.78, 5) is 4.28. The van der Waals surface area contributed by atoms with Gasteiger partial charge in [-0.1, -0.05) is 20.8 Å². The fourth-order valence-electron chi connectivity index (χ4n) is 1.09. The first-order chi connectivity index (χ1) is 7.74. The largest absolute Gasteiger partial charge is 0.319 e. The molecule has 0 aliphatic carbocycles. The summed E-state index contributed by atoms with van der Waals surface area (Å²) in [6, 6.07) is 0. The van der Waals surface area contributed by atoms with E-state index in [4.69, 9.17) is 0 Å². The third-order valence-electron chi connectivity index (χ3n) is 2.14. The number of sulfonamides is 1. The van der Waals surface area contributed by atoms with Gasteiger partial charge in [-0.25, -0.2) is 13.4 Å². The molecule has 0 unspecified atom stereocenters. The van der Waals surface area contributed by atoms with E-state index in [9.17, 15) is 8.42 Å². The van der Waals surface area contributed by atoms with Gasteiger partial charge in [-0.15, -0.1) is 11.3 Å². The maximum absolute atomic E-state index is 11.6. The molecule has 1 aromatic heterocycles. The van der Waals surface area contributed by atoms with Gasteiger partial charge in [0.05, 0.1) is 11.4 Å². The molecule has 5 nitrogen and oxygen atoms in total. The number of hydrogen-bond donors (Lipinski definition) is 2. The SMILES string of the molecule is CNCCS(=O)(=O)Nc1nc(C(C)(C)C)cs1. The second-order valence-electron chi connectivity index (χ2n) is 4.81. The summed E-state index contributed by atoms with van der Waals surface area (Å²) in [5.41, 5.74) is 0.833. The monoisotopic (exact) mass is 277 g/mol. The Morgan fingerprint density at radius 2 is 2.06 bits per heavy atom.